The average molecular weight is 385 g/mol. The summed E-state index contributed by atoms with van der Waals surface area (Å²) in [6, 6.07) is 18.2. The standard InChI is InChI=1S/C22H28N2O2S/c1-17-21(19-13-7-8-14-20(19)24-17)22(2,3)16-23-27(25,26)15-9-12-18-10-5-4-6-11-18/h4-8,10-11,13-14,23-24H,9,12,15-16H2,1-3H3. The Morgan fingerprint density at radius 3 is 2.41 bits per heavy atom. The van der Waals surface area contributed by atoms with Gasteiger partial charge in [0.05, 0.1) is 5.75 Å². The summed E-state index contributed by atoms with van der Waals surface area (Å²) in [7, 11) is -3.30. The lowest BCUT2D eigenvalue weighted by atomic mass is 9.83. The number of para-hydroxylation sites is 1. The van der Waals surface area contributed by atoms with Gasteiger partial charge >= 0.3 is 0 Å². The number of hydrogen-bond donors (Lipinski definition) is 2. The molecule has 0 saturated heterocycles. The molecule has 0 amide bonds. The molecule has 0 atom stereocenters. The molecular formula is C22H28N2O2S. The first-order valence-corrected chi connectivity index (χ1v) is 11.0. The van der Waals surface area contributed by atoms with Crippen LogP contribution in [0.5, 0.6) is 0 Å². The number of hydrogen-bond acceptors (Lipinski definition) is 2. The van der Waals surface area contributed by atoms with Crippen LogP contribution in [0.3, 0.4) is 0 Å². The van der Waals surface area contributed by atoms with E-state index in [1.165, 1.54) is 11.1 Å². The number of aryl methyl sites for hydroxylation is 2. The number of nitrogens with one attached hydrogen (secondary N) is 2. The number of aromatic amines is 1. The van der Waals surface area contributed by atoms with Gasteiger partial charge < -0.3 is 4.98 Å². The largest absolute Gasteiger partial charge is 0.358 e. The first kappa shape index (κ1) is 19.6. The summed E-state index contributed by atoms with van der Waals surface area (Å²) in [6.45, 7) is 6.60. The van der Waals surface area contributed by atoms with Crippen molar-refractivity contribution in [2.24, 2.45) is 0 Å². The number of aromatic nitrogens is 1. The smallest absolute Gasteiger partial charge is 0.211 e. The molecule has 4 nitrogen and oxygen atoms in total. The van der Waals surface area contributed by atoms with Crippen LogP contribution in [0.4, 0.5) is 0 Å². The van der Waals surface area contributed by atoms with Crippen molar-refractivity contribution in [3.63, 3.8) is 0 Å². The SMILES string of the molecule is Cc1[nH]c2ccccc2c1C(C)(C)CNS(=O)(=O)CCCc1ccccc1. The Morgan fingerprint density at radius 1 is 1.00 bits per heavy atom. The first-order chi connectivity index (χ1) is 12.8. The minimum atomic E-state index is -3.30. The van der Waals surface area contributed by atoms with Gasteiger partial charge in [0.1, 0.15) is 0 Å². The predicted molar refractivity (Wildman–Crippen MR) is 113 cm³/mol. The van der Waals surface area contributed by atoms with Crippen molar-refractivity contribution in [2.75, 3.05) is 12.3 Å². The first-order valence-electron chi connectivity index (χ1n) is 9.37. The van der Waals surface area contributed by atoms with Crippen LogP contribution in [-0.4, -0.2) is 25.7 Å². The Kier molecular flexibility index (Phi) is 5.72. The van der Waals surface area contributed by atoms with Gasteiger partial charge in [-0.1, -0.05) is 62.4 Å². The maximum absolute atomic E-state index is 12.5. The van der Waals surface area contributed by atoms with Gasteiger partial charge in [-0.05, 0) is 37.0 Å². The van der Waals surface area contributed by atoms with Gasteiger partial charge in [0.15, 0.2) is 0 Å². The van der Waals surface area contributed by atoms with Crippen molar-refractivity contribution in [1.29, 1.82) is 0 Å². The van der Waals surface area contributed by atoms with Gasteiger partial charge in [-0.2, -0.15) is 0 Å². The van der Waals surface area contributed by atoms with E-state index in [4.69, 9.17) is 0 Å². The number of fused-ring (bicyclic) bond motifs is 1. The third-order valence-corrected chi connectivity index (χ3v) is 6.44. The fourth-order valence-corrected chi connectivity index (χ4v) is 4.96. The molecule has 3 aromatic rings. The number of sulfonamides is 1. The van der Waals surface area contributed by atoms with Gasteiger partial charge in [0.2, 0.25) is 10.0 Å². The number of H-pyrrole nitrogens is 1. The van der Waals surface area contributed by atoms with Crippen molar-refractivity contribution >= 4 is 20.9 Å². The number of benzene rings is 2. The topological polar surface area (TPSA) is 62.0 Å². The van der Waals surface area contributed by atoms with E-state index in [0.717, 1.165) is 23.0 Å². The molecule has 3 rings (SSSR count). The van der Waals surface area contributed by atoms with E-state index in [0.29, 0.717) is 13.0 Å². The van der Waals surface area contributed by atoms with Crippen LogP contribution in [0.2, 0.25) is 0 Å². The Hall–Kier alpha value is -2.11. The highest BCUT2D eigenvalue weighted by molar-refractivity contribution is 7.89. The van der Waals surface area contributed by atoms with Gasteiger partial charge in [-0.25, -0.2) is 13.1 Å². The van der Waals surface area contributed by atoms with E-state index >= 15 is 0 Å². The van der Waals surface area contributed by atoms with Gasteiger partial charge in [-0.3, -0.25) is 0 Å². The maximum atomic E-state index is 12.5. The van der Waals surface area contributed by atoms with Crippen LogP contribution < -0.4 is 4.72 Å². The summed E-state index contributed by atoms with van der Waals surface area (Å²) in [6.07, 6.45) is 1.39. The van der Waals surface area contributed by atoms with Crippen molar-refractivity contribution in [2.45, 2.75) is 39.0 Å². The van der Waals surface area contributed by atoms with Crippen LogP contribution in [0.1, 0.15) is 37.1 Å². The van der Waals surface area contributed by atoms with Crippen molar-refractivity contribution in [3.8, 4) is 0 Å². The quantitative estimate of drug-likeness (QED) is 0.608. The molecular weight excluding hydrogens is 356 g/mol. The Labute approximate surface area is 162 Å². The highest BCUT2D eigenvalue weighted by atomic mass is 32.2. The van der Waals surface area contributed by atoms with E-state index in [-0.39, 0.29) is 11.2 Å². The molecule has 1 aromatic heterocycles. The average Bonchev–Trinajstić information content (AvgIpc) is 2.97. The van der Waals surface area contributed by atoms with Gasteiger partial charge in [-0.15, -0.1) is 0 Å². The van der Waals surface area contributed by atoms with Crippen LogP contribution >= 0.6 is 0 Å². The molecule has 0 saturated carbocycles. The zero-order valence-corrected chi connectivity index (χ0v) is 17.1. The van der Waals surface area contributed by atoms with E-state index in [1.807, 2.05) is 49.4 Å². The molecule has 5 heteroatoms. The Bertz CT molecular complexity index is 1010. The summed E-state index contributed by atoms with van der Waals surface area (Å²) >= 11 is 0. The van der Waals surface area contributed by atoms with Crippen molar-refractivity contribution < 1.29 is 8.42 Å². The van der Waals surface area contributed by atoms with Crippen LogP contribution in [0.25, 0.3) is 10.9 Å². The molecule has 2 N–H and O–H groups in total. The van der Waals surface area contributed by atoms with Crippen LogP contribution in [0, 0.1) is 6.92 Å². The highest BCUT2D eigenvalue weighted by Crippen LogP contribution is 2.33. The highest BCUT2D eigenvalue weighted by Gasteiger charge is 2.28. The Balaban J connectivity index is 1.64. The zero-order valence-electron chi connectivity index (χ0n) is 16.2. The summed E-state index contributed by atoms with van der Waals surface area (Å²) in [5.74, 6) is 0.144. The summed E-state index contributed by atoms with van der Waals surface area (Å²) < 4.78 is 27.8. The second kappa shape index (κ2) is 7.87. The van der Waals surface area contributed by atoms with Crippen LogP contribution in [-0.2, 0) is 21.9 Å². The molecule has 0 aliphatic rings. The van der Waals surface area contributed by atoms with E-state index in [2.05, 4.69) is 35.7 Å². The van der Waals surface area contributed by atoms with Crippen LogP contribution in [0.15, 0.2) is 54.6 Å². The van der Waals surface area contributed by atoms with Gasteiger partial charge in [0, 0.05) is 28.6 Å². The molecule has 0 aliphatic carbocycles. The molecule has 0 bridgehead atoms. The molecule has 1 heterocycles. The minimum Gasteiger partial charge on any atom is -0.358 e. The lowest BCUT2D eigenvalue weighted by Gasteiger charge is -2.26. The van der Waals surface area contributed by atoms with E-state index in [9.17, 15) is 8.42 Å². The fourth-order valence-electron chi connectivity index (χ4n) is 3.71. The molecule has 27 heavy (non-hydrogen) atoms. The maximum Gasteiger partial charge on any atom is 0.211 e. The zero-order chi connectivity index (χ0) is 19.5. The third-order valence-electron chi connectivity index (χ3n) is 5.03. The summed E-state index contributed by atoms with van der Waals surface area (Å²) in [5, 5.41) is 1.16. The van der Waals surface area contributed by atoms with E-state index in [1.54, 1.807) is 0 Å². The molecule has 0 spiro atoms. The normalized spacial score (nSPS) is 12.6. The minimum absolute atomic E-state index is 0.144. The van der Waals surface area contributed by atoms with Crippen molar-refractivity contribution in [1.82, 2.24) is 9.71 Å². The second-order valence-corrected chi connectivity index (χ2v) is 9.71. The molecule has 0 aliphatic heterocycles. The lowest BCUT2D eigenvalue weighted by Crippen LogP contribution is -2.38. The third kappa shape index (κ3) is 4.79. The number of rotatable bonds is 8. The molecule has 2 aromatic carbocycles. The molecule has 0 unspecified atom stereocenters. The predicted octanol–water partition coefficient (Wildman–Crippen LogP) is 4.31. The van der Waals surface area contributed by atoms with E-state index < -0.39 is 10.0 Å². The van der Waals surface area contributed by atoms with Crippen molar-refractivity contribution in [3.05, 3.63) is 71.4 Å². The second-order valence-electron chi connectivity index (χ2n) is 7.78. The molecule has 0 fully saturated rings. The summed E-state index contributed by atoms with van der Waals surface area (Å²) in [4.78, 5) is 3.41. The fraction of sp³-hybridized carbons (Fsp3) is 0.364. The molecule has 144 valence electrons. The van der Waals surface area contributed by atoms with Gasteiger partial charge in [0.25, 0.3) is 0 Å². The molecule has 0 radical (unpaired) electrons. The monoisotopic (exact) mass is 384 g/mol. The summed E-state index contributed by atoms with van der Waals surface area (Å²) in [5.41, 5.74) is 4.21. The Morgan fingerprint density at radius 2 is 1.67 bits per heavy atom. The lowest BCUT2D eigenvalue weighted by molar-refractivity contribution is 0.502.